The maximum absolute atomic E-state index is 11.6. The molecule has 1 heterocycles. The van der Waals surface area contributed by atoms with E-state index in [1.54, 1.807) is 0 Å². The Balaban J connectivity index is 2.85. The summed E-state index contributed by atoms with van der Waals surface area (Å²) in [5.41, 5.74) is 0. The summed E-state index contributed by atoms with van der Waals surface area (Å²) in [6.07, 6.45) is 1.93. The summed E-state index contributed by atoms with van der Waals surface area (Å²) in [6.45, 7) is 5.63. The van der Waals surface area contributed by atoms with Crippen molar-refractivity contribution in [3.8, 4) is 0 Å². The van der Waals surface area contributed by atoms with Gasteiger partial charge in [-0.05, 0) is 20.1 Å². The highest BCUT2D eigenvalue weighted by Crippen LogP contribution is 2.19. The fourth-order valence-electron chi connectivity index (χ4n) is 1.52. The molecule has 1 aromatic rings. The molecule has 0 fully saturated rings. The van der Waals surface area contributed by atoms with Crippen LogP contribution < -0.4 is 15.5 Å². The predicted molar refractivity (Wildman–Crippen MR) is 79.9 cm³/mol. The minimum Gasteiger partial charge on any atom is -0.370 e. The third-order valence-corrected chi connectivity index (χ3v) is 2.93. The molecule has 0 bridgehead atoms. The largest absolute Gasteiger partial charge is 0.370 e. The number of hydrogen-bond acceptors (Lipinski definition) is 6. The number of thioether (sulfide) groups is 1. The van der Waals surface area contributed by atoms with Gasteiger partial charge in [0.05, 0.1) is 6.54 Å². The molecule has 19 heavy (non-hydrogen) atoms. The predicted octanol–water partition coefficient (Wildman–Crippen LogP) is 1.20. The molecule has 1 rings (SSSR count). The lowest BCUT2D eigenvalue weighted by molar-refractivity contribution is -0.119. The van der Waals surface area contributed by atoms with Gasteiger partial charge in [0, 0.05) is 26.2 Å². The highest BCUT2D eigenvalue weighted by atomic mass is 32.2. The van der Waals surface area contributed by atoms with Gasteiger partial charge >= 0.3 is 0 Å². The lowest BCUT2D eigenvalue weighted by Crippen LogP contribution is -2.35. The van der Waals surface area contributed by atoms with Gasteiger partial charge in [-0.15, -0.1) is 0 Å². The average molecular weight is 283 g/mol. The van der Waals surface area contributed by atoms with Crippen LogP contribution in [0.15, 0.2) is 11.2 Å². The van der Waals surface area contributed by atoms with Gasteiger partial charge in [0.25, 0.3) is 0 Å². The smallest absolute Gasteiger partial charge is 0.239 e. The number of hydrogen-bond donors (Lipinski definition) is 2. The number of carbonyl (C=O) groups is 1. The lowest BCUT2D eigenvalue weighted by Gasteiger charge is -2.18. The van der Waals surface area contributed by atoms with Crippen molar-refractivity contribution in [2.45, 2.75) is 19.0 Å². The summed E-state index contributed by atoms with van der Waals surface area (Å²) in [5.74, 6) is 1.50. The molecule has 2 N–H and O–H groups in total. The minimum absolute atomic E-state index is 0.0145. The highest BCUT2D eigenvalue weighted by molar-refractivity contribution is 7.98. The molecule has 0 aliphatic carbocycles. The van der Waals surface area contributed by atoms with Crippen molar-refractivity contribution in [2.75, 3.05) is 43.2 Å². The van der Waals surface area contributed by atoms with E-state index in [2.05, 4.69) is 20.6 Å². The Hall–Kier alpha value is -1.50. The van der Waals surface area contributed by atoms with Crippen molar-refractivity contribution in [1.29, 1.82) is 0 Å². The summed E-state index contributed by atoms with van der Waals surface area (Å²) in [4.78, 5) is 22.1. The van der Waals surface area contributed by atoms with Crippen LogP contribution in [0.3, 0.4) is 0 Å². The first-order valence-electron chi connectivity index (χ1n) is 6.25. The molecule has 0 saturated heterocycles. The average Bonchev–Trinajstić information content (AvgIpc) is 2.38. The Kier molecular flexibility index (Phi) is 6.41. The molecule has 106 valence electrons. The van der Waals surface area contributed by atoms with Gasteiger partial charge in [-0.2, -0.15) is 0 Å². The standard InChI is InChI=1S/C12H21N5OS/c1-5-13-9-7-10(16-12(15-9)19-4)17(3)8-11(18)14-6-2/h7H,5-6,8H2,1-4H3,(H,14,18)(H,13,15,16). The molecular formula is C12H21N5OS. The number of nitrogens with zero attached hydrogens (tertiary/aromatic N) is 3. The van der Waals surface area contributed by atoms with Crippen LogP contribution in [0.1, 0.15) is 13.8 Å². The third kappa shape index (κ3) is 4.94. The summed E-state index contributed by atoms with van der Waals surface area (Å²) in [6, 6.07) is 1.85. The molecule has 1 aromatic heterocycles. The van der Waals surface area contributed by atoms with Gasteiger partial charge in [-0.3, -0.25) is 4.79 Å². The molecule has 0 unspecified atom stereocenters. The Bertz CT molecular complexity index is 427. The number of likely N-dealkylation sites (N-methyl/N-ethyl adjacent to an activating group) is 2. The van der Waals surface area contributed by atoms with Gasteiger partial charge in [0.15, 0.2) is 5.16 Å². The molecule has 7 heteroatoms. The number of amides is 1. The molecule has 6 nitrogen and oxygen atoms in total. The fourth-order valence-corrected chi connectivity index (χ4v) is 1.90. The zero-order chi connectivity index (χ0) is 14.3. The van der Waals surface area contributed by atoms with Crippen molar-refractivity contribution in [2.24, 2.45) is 0 Å². The fraction of sp³-hybridized carbons (Fsp3) is 0.583. The van der Waals surface area contributed by atoms with Crippen molar-refractivity contribution in [1.82, 2.24) is 15.3 Å². The Morgan fingerprint density at radius 3 is 2.68 bits per heavy atom. The Morgan fingerprint density at radius 1 is 1.37 bits per heavy atom. The van der Waals surface area contributed by atoms with Crippen LogP contribution >= 0.6 is 11.8 Å². The van der Waals surface area contributed by atoms with Crippen LogP contribution in [0.4, 0.5) is 11.6 Å². The van der Waals surface area contributed by atoms with E-state index in [1.807, 2.05) is 38.1 Å². The topological polar surface area (TPSA) is 70.2 Å². The van der Waals surface area contributed by atoms with Gasteiger partial charge in [-0.1, -0.05) is 11.8 Å². The maximum atomic E-state index is 11.6. The second kappa shape index (κ2) is 7.83. The van der Waals surface area contributed by atoms with Crippen molar-refractivity contribution < 1.29 is 4.79 Å². The van der Waals surface area contributed by atoms with Crippen molar-refractivity contribution >= 4 is 29.3 Å². The maximum Gasteiger partial charge on any atom is 0.239 e. The van der Waals surface area contributed by atoms with E-state index < -0.39 is 0 Å². The number of carbonyl (C=O) groups excluding carboxylic acids is 1. The normalized spacial score (nSPS) is 10.1. The first-order valence-corrected chi connectivity index (χ1v) is 7.47. The zero-order valence-electron chi connectivity index (χ0n) is 11.9. The second-order valence-corrected chi connectivity index (χ2v) is 4.71. The third-order valence-electron chi connectivity index (χ3n) is 2.38. The molecule has 0 aliphatic rings. The molecule has 0 aliphatic heterocycles. The number of anilines is 2. The highest BCUT2D eigenvalue weighted by Gasteiger charge is 2.11. The first-order chi connectivity index (χ1) is 9.10. The molecule has 1 amide bonds. The summed E-state index contributed by atoms with van der Waals surface area (Å²) >= 11 is 1.48. The van der Waals surface area contributed by atoms with Gasteiger partial charge in [0.2, 0.25) is 5.91 Å². The van der Waals surface area contributed by atoms with E-state index >= 15 is 0 Å². The van der Waals surface area contributed by atoms with Gasteiger partial charge in [-0.25, -0.2) is 9.97 Å². The van der Waals surface area contributed by atoms with Crippen molar-refractivity contribution in [3.05, 3.63) is 6.07 Å². The second-order valence-electron chi connectivity index (χ2n) is 3.94. The van der Waals surface area contributed by atoms with Crippen LogP contribution in [-0.4, -0.2) is 48.8 Å². The van der Waals surface area contributed by atoms with E-state index in [1.165, 1.54) is 11.8 Å². The number of nitrogens with one attached hydrogen (secondary N) is 2. The number of rotatable bonds is 7. The van der Waals surface area contributed by atoms with E-state index in [9.17, 15) is 4.79 Å². The molecule has 0 radical (unpaired) electrons. The van der Waals surface area contributed by atoms with E-state index in [0.717, 1.165) is 18.2 Å². The Morgan fingerprint density at radius 2 is 2.11 bits per heavy atom. The van der Waals surface area contributed by atoms with Crippen LogP contribution in [0.25, 0.3) is 0 Å². The minimum atomic E-state index is -0.0145. The first kappa shape index (κ1) is 15.6. The molecule has 0 atom stereocenters. The van der Waals surface area contributed by atoms with Crippen LogP contribution in [0.2, 0.25) is 0 Å². The molecule has 0 aromatic carbocycles. The Labute approximate surface area is 118 Å². The van der Waals surface area contributed by atoms with Gasteiger partial charge < -0.3 is 15.5 Å². The quantitative estimate of drug-likeness (QED) is 0.579. The molecule has 0 saturated carbocycles. The van der Waals surface area contributed by atoms with Gasteiger partial charge in [0.1, 0.15) is 11.6 Å². The number of aromatic nitrogens is 2. The van der Waals surface area contributed by atoms with E-state index in [0.29, 0.717) is 11.7 Å². The van der Waals surface area contributed by atoms with Crippen molar-refractivity contribution in [3.63, 3.8) is 0 Å². The summed E-state index contributed by atoms with van der Waals surface area (Å²) in [5, 5.41) is 6.62. The molecule has 0 spiro atoms. The molecular weight excluding hydrogens is 262 g/mol. The SMILES string of the molecule is CCNC(=O)CN(C)c1cc(NCC)nc(SC)n1. The van der Waals surface area contributed by atoms with E-state index in [4.69, 9.17) is 0 Å². The van der Waals surface area contributed by atoms with Crippen LogP contribution in [0, 0.1) is 0 Å². The zero-order valence-corrected chi connectivity index (χ0v) is 12.7. The summed E-state index contributed by atoms with van der Waals surface area (Å²) < 4.78 is 0. The monoisotopic (exact) mass is 283 g/mol. The lowest BCUT2D eigenvalue weighted by atomic mass is 10.4. The van der Waals surface area contributed by atoms with Crippen LogP contribution in [0.5, 0.6) is 0 Å². The van der Waals surface area contributed by atoms with Crippen LogP contribution in [-0.2, 0) is 4.79 Å². The van der Waals surface area contributed by atoms with E-state index in [-0.39, 0.29) is 12.5 Å². The summed E-state index contributed by atoms with van der Waals surface area (Å²) in [7, 11) is 1.84.